The Hall–Kier alpha value is -3.73. The number of aryl methyl sites for hydroxylation is 2. The normalized spacial score (nSPS) is 12.8. The maximum absolute atomic E-state index is 12.5. The number of rotatable bonds is 8. The van der Waals surface area contributed by atoms with Crippen molar-refractivity contribution in [3.05, 3.63) is 57.9 Å². The largest absolute Gasteiger partial charge is 0.354 e. The molecule has 1 aliphatic heterocycles. The number of aromatic nitrogens is 4. The molecular weight excluding hydrogens is 430 g/mol. The van der Waals surface area contributed by atoms with E-state index in [1.54, 1.807) is 24.3 Å². The Morgan fingerprint density at radius 1 is 1.03 bits per heavy atom. The van der Waals surface area contributed by atoms with Gasteiger partial charge in [0, 0.05) is 24.4 Å². The number of nitrogens with one attached hydrogen (secondary N) is 2. The molecule has 1 aromatic carbocycles. The van der Waals surface area contributed by atoms with Gasteiger partial charge in [0.1, 0.15) is 5.01 Å². The van der Waals surface area contributed by atoms with E-state index in [-0.39, 0.29) is 30.7 Å². The van der Waals surface area contributed by atoms with Crippen molar-refractivity contribution in [2.24, 2.45) is 0 Å². The molecule has 2 aromatic heterocycles. The monoisotopic (exact) mass is 451 g/mol. The van der Waals surface area contributed by atoms with Crippen molar-refractivity contribution in [3.8, 4) is 0 Å². The lowest BCUT2D eigenvalue weighted by Gasteiger charge is -2.10. The van der Waals surface area contributed by atoms with Crippen LogP contribution in [-0.4, -0.2) is 49.3 Å². The molecule has 0 unspecified atom stereocenters. The van der Waals surface area contributed by atoms with E-state index in [2.05, 4.69) is 30.8 Å². The van der Waals surface area contributed by atoms with Crippen LogP contribution >= 0.6 is 11.3 Å². The molecule has 11 heteroatoms. The fourth-order valence-corrected chi connectivity index (χ4v) is 4.07. The highest BCUT2D eigenvalue weighted by Crippen LogP contribution is 2.26. The zero-order valence-corrected chi connectivity index (χ0v) is 18.4. The SMILES string of the molecule is Cc1cc(C)nc(NCCCC(=O)Nc2nnc(CN3C(=O)c4ccccc4C3=O)s2)n1. The number of hydrogen-bond acceptors (Lipinski definition) is 9. The van der Waals surface area contributed by atoms with Gasteiger partial charge in [-0.3, -0.25) is 19.3 Å². The molecule has 0 saturated heterocycles. The van der Waals surface area contributed by atoms with Gasteiger partial charge >= 0.3 is 0 Å². The molecule has 10 nitrogen and oxygen atoms in total. The van der Waals surface area contributed by atoms with Crippen LogP contribution in [-0.2, 0) is 11.3 Å². The lowest BCUT2D eigenvalue weighted by atomic mass is 10.1. The lowest BCUT2D eigenvalue weighted by Crippen LogP contribution is -2.29. The van der Waals surface area contributed by atoms with Gasteiger partial charge < -0.3 is 10.6 Å². The second-order valence-corrected chi connectivity index (χ2v) is 8.36. The Bertz CT molecular complexity index is 1140. The highest BCUT2D eigenvalue weighted by molar-refractivity contribution is 7.15. The van der Waals surface area contributed by atoms with Crippen LogP contribution in [0.4, 0.5) is 11.1 Å². The molecule has 4 rings (SSSR count). The Balaban J connectivity index is 1.25. The quantitative estimate of drug-likeness (QED) is 0.395. The fourth-order valence-electron chi connectivity index (χ4n) is 3.32. The number of imide groups is 1. The number of fused-ring (bicyclic) bond motifs is 1. The Labute approximate surface area is 188 Å². The summed E-state index contributed by atoms with van der Waals surface area (Å²) in [5.74, 6) is -0.361. The summed E-state index contributed by atoms with van der Waals surface area (Å²) in [4.78, 5) is 46.8. The third kappa shape index (κ3) is 4.78. The van der Waals surface area contributed by atoms with Crippen LogP contribution in [0.15, 0.2) is 30.3 Å². The van der Waals surface area contributed by atoms with E-state index in [0.29, 0.717) is 40.2 Å². The van der Waals surface area contributed by atoms with Gasteiger partial charge in [-0.25, -0.2) is 9.97 Å². The summed E-state index contributed by atoms with van der Waals surface area (Å²) in [6.07, 6.45) is 0.869. The maximum Gasteiger partial charge on any atom is 0.261 e. The summed E-state index contributed by atoms with van der Waals surface area (Å²) in [7, 11) is 0. The zero-order valence-electron chi connectivity index (χ0n) is 17.6. The number of hydrogen-bond donors (Lipinski definition) is 2. The summed E-state index contributed by atoms with van der Waals surface area (Å²) in [6.45, 7) is 4.37. The van der Waals surface area contributed by atoms with Crippen LogP contribution < -0.4 is 10.6 Å². The minimum absolute atomic E-state index is 0.0136. The van der Waals surface area contributed by atoms with E-state index in [1.807, 2.05) is 19.9 Å². The van der Waals surface area contributed by atoms with Crippen molar-refractivity contribution in [1.29, 1.82) is 0 Å². The van der Waals surface area contributed by atoms with Crippen molar-refractivity contribution >= 4 is 40.1 Å². The zero-order chi connectivity index (χ0) is 22.7. The van der Waals surface area contributed by atoms with Crippen LogP contribution in [0.2, 0.25) is 0 Å². The topological polar surface area (TPSA) is 130 Å². The standard InChI is InChI=1S/C21H21N7O3S/c1-12-10-13(2)24-20(23-12)22-9-5-8-16(29)25-21-27-26-17(32-21)11-28-18(30)14-6-3-4-7-15(14)19(28)31/h3-4,6-7,10H,5,8-9,11H2,1-2H3,(H,22,23,24)(H,25,27,29). The van der Waals surface area contributed by atoms with E-state index < -0.39 is 0 Å². The van der Waals surface area contributed by atoms with Crippen molar-refractivity contribution in [2.75, 3.05) is 17.2 Å². The molecule has 3 aromatic rings. The van der Waals surface area contributed by atoms with Crippen molar-refractivity contribution in [3.63, 3.8) is 0 Å². The number of carbonyl (C=O) groups excluding carboxylic acids is 3. The maximum atomic E-state index is 12.5. The number of anilines is 2. The Morgan fingerprint density at radius 3 is 2.34 bits per heavy atom. The van der Waals surface area contributed by atoms with Crippen LogP contribution in [0.25, 0.3) is 0 Å². The molecule has 0 atom stereocenters. The minimum Gasteiger partial charge on any atom is -0.354 e. The number of amides is 3. The van der Waals surface area contributed by atoms with E-state index in [1.165, 1.54) is 0 Å². The first-order valence-electron chi connectivity index (χ1n) is 10.0. The average Bonchev–Trinajstić information content (AvgIpc) is 3.29. The fraction of sp³-hybridized carbons (Fsp3) is 0.286. The second kappa shape index (κ2) is 9.18. The molecule has 32 heavy (non-hydrogen) atoms. The number of nitrogens with zero attached hydrogens (tertiary/aromatic N) is 5. The predicted octanol–water partition coefficient (Wildman–Crippen LogP) is 2.57. The molecule has 3 amide bonds. The molecule has 0 bridgehead atoms. The van der Waals surface area contributed by atoms with Crippen LogP contribution in [0, 0.1) is 13.8 Å². The summed E-state index contributed by atoms with van der Waals surface area (Å²) in [5, 5.41) is 14.5. The Morgan fingerprint density at radius 2 is 1.69 bits per heavy atom. The Kier molecular flexibility index (Phi) is 6.17. The predicted molar refractivity (Wildman–Crippen MR) is 118 cm³/mol. The van der Waals surface area contributed by atoms with Gasteiger partial charge in [-0.15, -0.1) is 10.2 Å². The summed E-state index contributed by atoms with van der Waals surface area (Å²) < 4.78 is 0. The van der Waals surface area contributed by atoms with Crippen LogP contribution in [0.3, 0.4) is 0 Å². The van der Waals surface area contributed by atoms with Gasteiger partial charge in [-0.2, -0.15) is 0 Å². The van der Waals surface area contributed by atoms with Crippen molar-refractivity contribution in [1.82, 2.24) is 25.1 Å². The van der Waals surface area contributed by atoms with Gasteiger partial charge in [-0.1, -0.05) is 23.5 Å². The van der Waals surface area contributed by atoms with Gasteiger partial charge in [0.25, 0.3) is 11.8 Å². The van der Waals surface area contributed by atoms with Gasteiger partial charge in [-0.05, 0) is 38.5 Å². The van der Waals surface area contributed by atoms with Gasteiger partial charge in [0.15, 0.2) is 0 Å². The molecule has 0 saturated carbocycles. The van der Waals surface area contributed by atoms with Crippen molar-refractivity contribution in [2.45, 2.75) is 33.2 Å². The van der Waals surface area contributed by atoms with Gasteiger partial charge in [0.2, 0.25) is 17.0 Å². The molecular formula is C21H21N7O3S. The van der Waals surface area contributed by atoms with Crippen molar-refractivity contribution < 1.29 is 14.4 Å². The first kappa shape index (κ1) is 21.5. The molecule has 2 N–H and O–H groups in total. The van der Waals surface area contributed by atoms with Crippen LogP contribution in [0.1, 0.15) is 50.0 Å². The highest BCUT2D eigenvalue weighted by atomic mass is 32.1. The summed E-state index contributed by atoms with van der Waals surface area (Å²) in [6, 6.07) is 8.58. The average molecular weight is 452 g/mol. The molecule has 0 spiro atoms. The third-order valence-corrected chi connectivity index (χ3v) is 5.55. The number of benzene rings is 1. The lowest BCUT2D eigenvalue weighted by molar-refractivity contribution is -0.116. The summed E-state index contributed by atoms with van der Waals surface area (Å²) >= 11 is 1.13. The molecule has 164 valence electrons. The molecule has 0 aliphatic carbocycles. The highest BCUT2D eigenvalue weighted by Gasteiger charge is 2.35. The second-order valence-electron chi connectivity index (χ2n) is 7.30. The smallest absolute Gasteiger partial charge is 0.261 e. The first-order chi connectivity index (χ1) is 15.4. The first-order valence-corrected chi connectivity index (χ1v) is 10.9. The number of carbonyl (C=O) groups is 3. The van der Waals surface area contributed by atoms with E-state index in [0.717, 1.165) is 27.6 Å². The third-order valence-electron chi connectivity index (χ3n) is 4.73. The minimum atomic E-state index is -0.355. The van der Waals surface area contributed by atoms with E-state index >= 15 is 0 Å². The molecule has 0 fully saturated rings. The van der Waals surface area contributed by atoms with E-state index in [9.17, 15) is 14.4 Å². The van der Waals surface area contributed by atoms with Crippen LogP contribution in [0.5, 0.6) is 0 Å². The summed E-state index contributed by atoms with van der Waals surface area (Å²) in [5.41, 5.74) is 2.53. The van der Waals surface area contributed by atoms with E-state index in [4.69, 9.17) is 0 Å². The van der Waals surface area contributed by atoms with Gasteiger partial charge in [0.05, 0.1) is 17.7 Å². The molecule has 3 heterocycles. The molecule has 1 aliphatic rings. The molecule has 0 radical (unpaired) electrons.